The van der Waals surface area contributed by atoms with E-state index in [-0.39, 0.29) is 11.8 Å². The first-order chi connectivity index (χ1) is 8.61. The highest BCUT2D eigenvalue weighted by molar-refractivity contribution is 9.10. The molecule has 1 aromatic rings. The minimum absolute atomic E-state index is 0.251. The third-order valence-corrected chi connectivity index (χ3v) is 3.50. The smallest absolute Gasteiger partial charge is 0.339 e. The maximum atomic E-state index is 11.6. The van der Waals surface area contributed by atoms with Gasteiger partial charge in [-0.25, -0.2) is 4.79 Å². The van der Waals surface area contributed by atoms with Crippen LogP contribution in [0.5, 0.6) is 0 Å². The second kappa shape index (κ2) is 5.52. The van der Waals surface area contributed by atoms with Crippen LogP contribution in [0, 0.1) is 0 Å². The van der Waals surface area contributed by atoms with Gasteiger partial charge in [-0.15, -0.1) is 0 Å². The maximum Gasteiger partial charge on any atom is 0.339 e. The molecule has 0 aromatic heterocycles. The quantitative estimate of drug-likeness (QED) is 0.804. The Labute approximate surface area is 114 Å². The number of carbonyl (C=O) groups is 2. The molecule has 0 saturated carbocycles. The normalized spacial score (nSPS) is 15.0. The van der Waals surface area contributed by atoms with Crippen LogP contribution in [-0.2, 0) is 9.53 Å². The third-order valence-electron chi connectivity index (χ3n) is 2.84. The number of hydrogen-bond donors (Lipinski definition) is 0. The topological polar surface area (TPSA) is 46.6 Å². The molecule has 0 atom stereocenters. The molecule has 1 aromatic carbocycles. The van der Waals surface area contributed by atoms with E-state index in [2.05, 4.69) is 15.9 Å². The van der Waals surface area contributed by atoms with Crippen molar-refractivity contribution in [3.05, 3.63) is 28.2 Å². The highest BCUT2D eigenvalue weighted by Gasteiger charge is 2.21. The molecule has 0 N–H and O–H groups in total. The van der Waals surface area contributed by atoms with Gasteiger partial charge in [-0.1, -0.05) is 0 Å². The van der Waals surface area contributed by atoms with E-state index in [9.17, 15) is 9.59 Å². The van der Waals surface area contributed by atoms with Gasteiger partial charge in [0.15, 0.2) is 5.78 Å². The zero-order valence-electron chi connectivity index (χ0n) is 10.1. The monoisotopic (exact) mass is 311 g/mol. The third kappa shape index (κ3) is 2.72. The summed E-state index contributed by atoms with van der Waals surface area (Å²) in [5.41, 5.74) is 1.45. The summed E-state index contributed by atoms with van der Waals surface area (Å²) in [5, 5.41) is 0. The molecule has 2 rings (SSSR count). The van der Waals surface area contributed by atoms with Gasteiger partial charge < -0.3 is 9.64 Å². The summed E-state index contributed by atoms with van der Waals surface area (Å²) in [6.45, 7) is 3.32. The first-order valence-corrected chi connectivity index (χ1v) is 6.64. The van der Waals surface area contributed by atoms with Gasteiger partial charge in [0, 0.05) is 23.1 Å². The lowest BCUT2D eigenvalue weighted by molar-refractivity contribution is -0.116. The fourth-order valence-corrected chi connectivity index (χ4v) is 2.45. The number of nitrogens with zero attached hydrogens (tertiary/aromatic N) is 1. The number of anilines is 1. The average Bonchev–Trinajstić information content (AvgIpc) is 2.76. The van der Waals surface area contributed by atoms with Crippen molar-refractivity contribution in [1.29, 1.82) is 0 Å². The molecular formula is C13H14BrNO3. The van der Waals surface area contributed by atoms with Gasteiger partial charge in [-0.2, -0.15) is 0 Å². The van der Waals surface area contributed by atoms with Crippen LogP contribution in [0.3, 0.4) is 0 Å². The first-order valence-electron chi connectivity index (χ1n) is 5.85. The van der Waals surface area contributed by atoms with Crippen LogP contribution >= 0.6 is 15.9 Å². The molecule has 18 heavy (non-hydrogen) atoms. The van der Waals surface area contributed by atoms with E-state index in [1.807, 2.05) is 17.0 Å². The summed E-state index contributed by atoms with van der Waals surface area (Å²) < 4.78 is 5.65. The van der Waals surface area contributed by atoms with Crippen molar-refractivity contribution in [1.82, 2.24) is 0 Å². The molecular weight excluding hydrogens is 298 g/mol. The molecule has 0 spiro atoms. The van der Waals surface area contributed by atoms with Crippen LogP contribution < -0.4 is 4.90 Å². The van der Waals surface area contributed by atoms with Crippen LogP contribution in [0.2, 0.25) is 0 Å². The molecule has 1 heterocycles. The summed E-state index contributed by atoms with van der Waals surface area (Å²) in [4.78, 5) is 24.9. The van der Waals surface area contributed by atoms with Crippen molar-refractivity contribution in [3.8, 4) is 0 Å². The predicted molar refractivity (Wildman–Crippen MR) is 71.9 cm³/mol. The second-order valence-corrected chi connectivity index (χ2v) is 4.95. The average molecular weight is 312 g/mol. The number of ketones is 1. The van der Waals surface area contributed by atoms with Gasteiger partial charge in [-0.05, 0) is 41.1 Å². The highest BCUT2D eigenvalue weighted by atomic mass is 79.9. The molecule has 0 amide bonds. The molecule has 0 radical (unpaired) electrons. The predicted octanol–water partition coefficient (Wildman–Crippen LogP) is 2.41. The van der Waals surface area contributed by atoms with Crippen molar-refractivity contribution in [2.45, 2.75) is 13.3 Å². The number of ether oxygens (including phenoxy) is 1. The van der Waals surface area contributed by atoms with Crippen molar-refractivity contribution in [2.75, 3.05) is 24.6 Å². The Kier molecular flexibility index (Phi) is 4.01. The number of Topliss-reactive ketones (excluding diaryl/α,β-unsaturated/α-hetero) is 1. The summed E-state index contributed by atoms with van der Waals surface area (Å²) in [7, 11) is 0. The number of benzene rings is 1. The zero-order chi connectivity index (χ0) is 13.1. The van der Waals surface area contributed by atoms with Gasteiger partial charge >= 0.3 is 5.97 Å². The van der Waals surface area contributed by atoms with Gasteiger partial charge in [-0.3, -0.25) is 4.79 Å². The fourth-order valence-electron chi connectivity index (χ4n) is 1.93. The van der Waals surface area contributed by atoms with Crippen LogP contribution in [-0.4, -0.2) is 31.4 Å². The summed E-state index contributed by atoms with van der Waals surface area (Å²) in [6, 6.07) is 5.42. The Hall–Kier alpha value is -1.36. The molecule has 4 nitrogen and oxygen atoms in total. The molecule has 0 aliphatic carbocycles. The number of rotatable bonds is 3. The van der Waals surface area contributed by atoms with Gasteiger partial charge in [0.25, 0.3) is 0 Å². The van der Waals surface area contributed by atoms with Gasteiger partial charge in [0.05, 0.1) is 18.7 Å². The Morgan fingerprint density at radius 2 is 2.28 bits per heavy atom. The Morgan fingerprint density at radius 1 is 1.50 bits per heavy atom. The Bertz CT molecular complexity index is 487. The van der Waals surface area contributed by atoms with E-state index in [1.54, 1.807) is 13.0 Å². The fraction of sp³-hybridized carbons (Fsp3) is 0.385. The van der Waals surface area contributed by atoms with Crippen molar-refractivity contribution >= 4 is 33.4 Å². The Balaban J connectivity index is 2.19. The van der Waals surface area contributed by atoms with E-state index in [1.165, 1.54) is 0 Å². The van der Waals surface area contributed by atoms with E-state index < -0.39 is 0 Å². The number of esters is 1. The van der Waals surface area contributed by atoms with Crippen molar-refractivity contribution in [2.24, 2.45) is 0 Å². The molecule has 1 fully saturated rings. The highest BCUT2D eigenvalue weighted by Crippen LogP contribution is 2.26. The lowest BCUT2D eigenvalue weighted by atomic mass is 10.2. The molecule has 0 unspecified atom stereocenters. The van der Waals surface area contributed by atoms with Gasteiger partial charge in [0.2, 0.25) is 0 Å². The van der Waals surface area contributed by atoms with E-state index in [4.69, 9.17) is 4.74 Å². The lowest BCUT2D eigenvalue weighted by Crippen LogP contribution is -2.19. The standard InChI is InChI=1S/C13H14BrNO3/c1-2-18-13(17)11-4-3-9(7-12(11)14)15-6-5-10(16)8-15/h3-4,7H,2,5-6,8H2,1H3. The molecule has 5 heteroatoms. The van der Waals surface area contributed by atoms with Crippen molar-refractivity contribution < 1.29 is 14.3 Å². The number of hydrogen-bond acceptors (Lipinski definition) is 4. The Morgan fingerprint density at radius 3 is 2.83 bits per heavy atom. The molecule has 1 aliphatic heterocycles. The minimum atomic E-state index is -0.339. The van der Waals surface area contributed by atoms with E-state index in [0.717, 1.165) is 12.2 Å². The lowest BCUT2D eigenvalue weighted by Gasteiger charge is -2.17. The zero-order valence-corrected chi connectivity index (χ0v) is 11.7. The summed E-state index contributed by atoms with van der Waals surface area (Å²) in [5.74, 6) is -0.0889. The minimum Gasteiger partial charge on any atom is -0.462 e. The summed E-state index contributed by atoms with van der Waals surface area (Å²) in [6.07, 6.45) is 0.594. The SMILES string of the molecule is CCOC(=O)c1ccc(N2CCC(=O)C2)cc1Br. The molecule has 1 aliphatic rings. The van der Waals surface area contributed by atoms with E-state index in [0.29, 0.717) is 29.6 Å². The largest absolute Gasteiger partial charge is 0.462 e. The van der Waals surface area contributed by atoms with Crippen LogP contribution in [0.25, 0.3) is 0 Å². The summed E-state index contributed by atoms with van der Waals surface area (Å²) >= 11 is 3.37. The van der Waals surface area contributed by atoms with Crippen LogP contribution in [0.15, 0.2) is 22.7 Å². The second-order valence-electron chi connectivity index (χ2n) is 4.09. The molecule has 96 valence electrons. The van der Waals surface area contributed by atoms with E-state index >= 15 is 0 Å². The molecule has 0 bridgehead atoms. The van der Waals surface area contributed by atoms with Crippen LogP contribution in [0.1, 0.15) is 23.7 Å². The van der Waals surface area contributed by atoms with Crippen LogP contribution in [0.4, 0.5) is 5.69 Å². The van der Waals surface area contributed by atoms with Gasteiger partial charge in [0.1, 0.15) is 0 Å². The maximum absolute atomic E-state index is 11.6. The first kappa shape index (κ1) is 13.1. The number of halogens is 1. The number of carbonyl (C=O) groups excluding carboxylic acids is 2. The molecule has 1 saturated heterocycles. The van der Waals surface area contributed by atoms with Crippen molar-refractivity contribution in [3.63, 3.8) is 0 Å².